The molecule has 0 heterocycles. The van der Waals surface area contributed by atoms with Gasteiger partial charge < -0.3 is 41.0 Å². The van der Waals surface area contributed by atoms with Crippen LogP contribution in [0.3, 0.4) is 0 Å². The maximum absolute atomic E-state index is 10.1. The van der Waals surface area contributed by atoms with Crippen molar-refractivity contribution in [3.8, 4) is 0 Å². The Morgan fingerprint density at radius 1 is 1.00 bits per heavy atom. The van der Waals surface area contributed by atoms with Crippen LogP contribution in [0.1, 0.15) is 12.8 Å². The Labute approximate surface area is 95.0 Å². The first-order chi connectivity index (χ1) is 5.78. The molecule has 0 unspecified atom stereocenters. The summed E-state index contributed by atoms with van der Waals surface area (Å²) >= 11 is 0. The summed E-state index contributed by atoms with van der Waals surface area (Å²) in [5, 5.41) is 38.9. The van der Waals surface area contributed by atoms with Crippen LogP contribution in [-0.2, 0) is 31.5 Å². The molecule has 0 radical (unpaired) electrons. The number of aliphatic hydroxyl groups is 1. The molecule has 4 N–H and O–H groups in total. The van der Waals surface area contributed by atoms with Crippen LogP contribution in [0.2, 0.25) is 0 Å². The Morgan fingerprint density at radius 2 is 1.27 bits per heavy atom. The predicted molar refractivity (Wildman–Crippen MR) is 34.2 cm³/mol. The van der Waals surface area contributed by atoms with E-state index in [0.717, 1.165) is 0 Å². The Hall–Kier alpha value is -1.15. The van der Waals surface area contributed by atoms with Crippen molar-refractivity contribution in [2.24, 2.45) is 0 Å². The second kappa shape index (κ2) is 7.18. The van der Waals surface area contributed by atoms with Gasteiger partial charge in [-0.25, -0.2) is 0 Å². The number of carbonyl (C=O) groups excluding carboxylic acids is 3. The van der Waals surface area contributed by atoms with E-state index in [1.807, 2.05) is 0 Å². The minimum absolute atomic E-state index is 0. The summed E-state index contributed by atoms with van der Waals surface area (Å²) in [5.74, 6) is -5.98. The first-order valence-corrected chi connectivity index (χ1v) is 3.11. The molecule has 0 aliphatic rings. The number of carbonyl (C=O) groups is 3. The summed E-state index contributed by atoms with van der Waals surface area (Å²) in [6.45, 7) is 0. The summed E-state index contributed by atoms with van der Waals surface area (Å²) in [5.41, 5.74) is -2.97. The molecule has 0 bridgehead atoms. The van der Waals surface area contributed by atoms with Crippen LogP contribution in [-0.4, -0.2) is 28.6 Å². The van der Waals surface area contributed by atoms with Gasteiger partial charge in [0.1, 0.15) is 5.60 Å². The SMILES string of the molecule is N.O=C([O-])CC(O)(CC(=O)[O-])C(=O)[O-].[Mn+3]. The third-order valence-corrected chi connectivity index (χ3v) is 1.25. The van der Waals surface area contributed by atoms with E-state index in [1.54, 1.807) is 0 Å². The monoisotopic (exact) mass is 261 g/mol. The summed E-state index contributed by atoms with van der Waals surface area (Å²) in [4.78, 5) is 30.0. The number of rotatable bonds is 5. The Morgan fingerprint density at radius 3 is 1.40 bits per heavy atom. The van der Waals surface area contributed by atoms with E-state index < -0.39 is 36.4 Å². The third kappa shape index (κ3) is 6.86. The maximum Gasteiger partial charge on any atom is 3.00 e. The molecule has 15 heavy (non-hydrogen) atoms. The van der Waals surface area contributed by atoms with Gasteiger partial charge in [0.15, 0.2) is 0 Å². The number of carboxylic acids is 3. The molecule has 0 saturated carbocycles. The van der Waals surface area contributed by atoms with Gasteiger partial charge in [0, 0.05) is 24.8 Å². The van der Waals surface area contributed by atoms with Crippen molar-refractivity contribution in [1.82, 2.24) is 6.15 Å². The number of carboxylic acid groups (broad SMARTS) is 3. The van der Waals surface area contributed by atoms with Crippen molar-refractivity contribution in [2.75, 3.05) is 0 Å². The van der Waals surface area contributed by atoms with Gasteiger partial charge >= 0.3 is 17.1 Å². The van der Waals surface area contributed by atoms with Crippen LogP contribution in [0.5, 0.6) is 0 Å². The van der Waals surface area contributed by atoms with E-state index in [4.69, 9.17) is 5.11 Å². The first-order valence-electron chi connectivity index (χ1n) is 3.11. The van der Waals surface area contributed by atoms with Crippen molar-refractivity contribution in [3.63, 3.8) is 0 Å². The minimum Gasteiger partial charge on any atom is -0.550 e. The summed E-state index contributed by atoms with van der Waals surface area (Å²) in [6.07, 6.45) is -2.72. The maximum atomic E-state index is 10.1. The Kier molecular flexibility index (Phi) is 9.30. The second-order valence-electron chi connectivity index (χ2n) is 2.42. The first kappa shape index (κ1) is 19.4. The van der Waals surface area contributed by atoms with Gasteiger partial charge in [0.25, 0.3) is 0 Å². The van der Waals surface area contributed by atoms with Crippen LogP contribution in [0, 0.1) is 0 Å². The van der Waals surface area contributed by atoms with Gasteiger partial charge in [-0.3, -0.25) is 0 Å². The molecule has 0 spiro atoms. The molecule has 0 aromatic carbocycles. The van der Waals surface area contributed by atoms with Crippen LogP contribution in [0.25, 0.3) is 0 Å². The fraction of sp³-hybridized carbons (Fsp3) is 0.500. The smallest absolute Gasteiger partial charge is 0.550 e. The number of hydrogen-bond acceptors (Lipinski definition) is 8. The Bertz CT molecular complexity index is 238. The molecule has 9 heteroatoms. The van der Waals surface area contributed by atoms with Crippen LogP contribution < -0.4 is 21.5 Å². The largest absolute Gasteiger partial charge is 3.00 e. The van der Waals surface area contributed by atoms with E-state index in [0.29, 0.717) is 0 Å². The fourth-order valence-corrected chi connectivity index (χ4v) is 0.684. The molecular weight excluding hydrogens is 253 g/mol. The molecule has 0 aromatic rings. The summed E-state index contributed by atoms with van der Waals surface area (Å²) in [7, 11) is 0. The van der Waals surface area contributed by atoms with Crippen molar-refractivity contribution < 1.29 is 51.9 Å². The molecule has 8 nitrogen and oxygen atoms in total. The number of aliphatic carboxylic acids is 3. The molecule has 0 saturated heterocycles. The predicted octanol–water partition coefficient (Wildman–Crippen LogP) is -5.09. The van der Waals surface area contributed by atoms with Crippen LogP contribution in [0.4, 0.5) is 0 Å². The van der Waals surface area contributed by atoms with Gasteiger partial charge in [-0.05, 0) is 0 Å². The molecule has 0 aromatic heterocycles. The van der Waals surface area contributed by atoms with Crippen LogP contribution >= 0.6 is 0 Å². The molecular formula is C6H8MnNO7. The number of hydrogen-bond donors (Lipinski definition) is 2. The Balaban J connectivity index is -0.000000720. The van der Waals surface area contributed by atoms with Gasteiger partial charge in [-0.15, -0.1) is 0 Å². The molecule has 0 aliphatic carbocycles. The molecule has 0 rings (SSSR count). The van der Waals surface area contributed by atoms with Gasteiger partial charge in [-0.2, -0.15) is 0 Å². The zero-order valence-corrected chi connectivity index (χ0v) is 8.58. The summed E-state index contributed by atoms with van der Waals surface area (Å²) < 4.78 is 0. The second-order valence-corrected chi connectivity index (χ2v) is 2.42. The van der Waals surface area contributed by atoms with E-state index in [9.17, 15) is 29.7 Å². The zero-order chi connectivity index (χ0) is 10.6. The van der Waals surface area contributed by atoms with Gasteiger partial charge in [0.05, 0.1) is 5.97 Å². The minimum atomic E-state index is -2.97. The third-order valence-electron chi connectivity index (χ3n) is 1.25. The van der Waals surface area contributed by atoms with E-state index in [1.165, 1.54) is 0 Å². The fourth-order valence-electron chi connectivity index (χ4n) is 0.684. The molecule has 0 amide bonds. The summed E-state index contributed by atoms with van der Waals surface area (Å²) in [6, 6.07) is 0. The van der Waals surface area contributed by atoms with Crippen molar-refractivity contribution in [2.45, 2.75) is 18.4 Å². The van der Waals surface area contributed by atoms with E-state index in [2.05, 4.69) is 0 Å². The average molecular weight is 261 g/mol. The van der Waals surface area contributed by atoms with Crippen LogP contribution in [0.15, 0.2) is 0 Å². The molecule has 0 fully saturated rings. The van der Waals surface area contributed by atoms with E-state index >= 15 is 0 Å². The molecule has 0 aliphatic heterocycles. The standard InChI is InChI=1S/C6H8O7.Mn.H3N/c7-3(8)1-6(13,5(11)12)2-4(9)10;;/h13H,1-2H2,(H,7,8)(H,9,10)(H,11,12);;1H3/q;+3;/p-3. The van der Waals surface area contributed by atoms with Crippen molar-refractivity contribution >= 4 is 17.9 Å². The van der Waals surface area contributed by atoms with Gasteiger partial charge in [0.2, 0.25) is 0 Å². The molecule has 86 valence electrons. The normalized spacial score (nSPS) is 9.40. The quantitative estimate of drug-likeness (QED) is 0.461. The van der Waals surface area contributed by atoms with Crippen molar-refractivity contribution in [1.29, 1.82) is 0 Å². The van der Waals surface area contributed by atoms with E-state index in [-0.39, 0.29) is 23.2 Å². The van der Waals surface area contributed by atoms with Crippen molar-refractivity contribution in [3.05, 3.63) is 0 Å². The van der Waals surface area contributed by atoms with Gasteiger partial charge in [-0.1, -0.05) is 0 Å². The zero-order valence-electron chi connectivity index (χ0n) is 7.40. The molecule has 0 atom stereocenters. The topological polar surface area (TPSA) is 176 Å². The average Bonchev–Trinajstić information content (AvgIpc) is 1.82.